The average Bonchev–Trinajstić information content (AvgIpc) is 3.36. The van der Waals surface area contributed by atoms with Crippen molar-refractivity contribution in [1.29, 1.82) is 0 Å². The van der Waals surface area contributed by atoms with E-state index in [9.17, 15) is 14.4 Å². The fourth-order valence-electron chi connectivity index (χ4n) is 5.29. The number of allylic oxidation sites excluding steroid dienone is 5. The number of carbonyl (C=O) groups excluding carboxylic acids is 3. The molecule has 0 heterocycles. The van der Waals surface area contributed by atoms with Gasteiger partial charge >= 0.3 is 12.1 Å². The van der Waals surface area contributed by atoms with Gasteiger partial charge < -0.3 is 20.1 Å². The van der Waals surface area contributed by atoms with Crippen LogP contribution in [0.3, 0.4) is 0 Å². The molecule has 0 saturated heterocycles. The SMILES string of the molecule is COC(=O)[C@H](CSC/C=C(\C)CC/C=C(\C)CCC=C(C)C)NC(=O)[C@H](CS)NC(=O)OCC1c2ccccc2-c2ccccc21. The summed E-state index contributed by atoms with van der Waals surface area (Å²) in [4.78, 5) is 38.3. The zero-order chi connectivity index (χ0) is 33.5. The van der Waals surface area contributed by atoms with Crippen LogP contribution in [0.2, 0.25) is 0 Å². The number of benzene rings is 2. The van der Waals surface area contributed by atoms with Gasteiger partial charge in [-0.05, 0) is 75.6 Å². The van der Waals surface area contributed by atoms with E-state index in [0.29, 0.717) is 11.5 Å². The van der Waals surface area contributed by atoms with Crippen molar-refractivity contribution in [1.82, 2.24) is 10.6 Å². The summed E-state index contributed by atoms with van der Waals surface area (Å²) in [6.45, 7) is 8.66. The van der Waals surface area contributed by atoms with Gasteiger partial charge in [-0.2, -0.15) is 24.4 Å². The van der Waals surface area contributed by atoms with Crippen molar-refractivity contribution in [2.24, 2.45) is 0 Å². The standard InChI is InChI=1S/C37H48N2O5S2/c1-25(2)12-10-13-26(3)14-11-15-27(4)20-21-46-24-34(36(41)43-5)38-35(40)33(23-45)39-37(42)44-22-32-30-18-8-6-16-28(30)29-17-7-9-19-31(29)32/h6-9,12,14,16-20,32-34,45H,10-11,13,15,21-24H2,1-5H3,(H,38,40)(H,39,42)/b26-14+,27-20+/t33-,34-/m0/s1. The Labute approximate surface area is 284 Å². The fraction of sp³-hybridized carbons (Fsp3) is 0.432. The second-order valence-electron chi connectivity index (χ2n) is 11.8. The van der Waals surface area contributed by atoms with Crippen LogP contribution in [-0.2, 0) is 19.1 Å². The van der Waals surface area contributed by atoms with E-state index in [1.807, 2.05) is 36.4 Å². The van der Waals surface area contributed by atoms with Gasteiger partial charge in [0.2, 0.25) is 5.91 Å². The van der Waals surface area contributed by atoms with Crippen molar-refractivity contribution < 1.29 is 23.9 Å². The summed E-state index contributed by atoms with van der Waals surface area (Å²) in [5, 5.41) is 5.32. The van der Waals surface area contributed by atoms with E-state index >= 15 is 0 Å². The minimum Gasteiger partial charge on any atom is -0.467 e. The van der Waals surface area contributed by atoms with Gasteiger partial charge in [0.15, 0.2) is 0 Å². The Hall–Kier alpha value is -3.43. The lowest BCUT2D eigenvalue weighted by atomic mass is 9.98. The first-order valence-corrected chi connectivity index (χ1v) is 17.6. The largest absolute Gasteiger partial charge is 0.467 e. The molecule has 2 amide bonds. The Kier molecular flexibility index (Phi) is 15.5. The van der Waals surface area contributed by atoms with Gasteiger partial charge in [0, 0.05) is 23.2 Å². The Balaban J connectivity index is 1.46. The highest BCUT2D eigenvalue weighted by Crippen LogP contribution is 2.44. The number of hydrogen-bond donors (Lipinski definition) is 3. The average molecular weight is 665 g/mol. The number of fused-ring (bicyclic) bond motifs is 3. The number of carbonyl (C=O) groups is 3. The number of esters is 1. The second-order valence-corrected chi connectivity index (χ2v) is 13.2. The van der Waals surface area contributed by atoms with Gasteiger partial charge in [-0.1, -0.05) is 83.5 Å². The van der Waals surface area contributed by atoms with Crippen LogP contribution in [0.1, 0.15) is 70.4 Å². The summed E-state index contributed by atoms with van der Waals surface area (Å²) < 4.78 is 10.5. The van der Waals surface area contributed by atoms with E-state index in [-0.39, 0.29) is 18.3 Å². The zero-order valence-electron chi connectivity index (χ0n) is 27.6. The van der Waals surface area contributed by atoms with Crippen molar-refractivity contribution in [2.75, 3.05) is 31.0 Å². The summed E-state index contributed by atoms with van der Waals surface area (Å²) in [6.07, 6.45) is 10.1. The maximum atomic E-state index is 13.1. The number of hydrogen-bond acceptors (Lipinski definition) is 7. The molecule has 46 heavy (non-hydrogen) atoms. The molecule has 0 aromatic heterocycles. The molecule has 7 nitrogen and oxygen atoms in total. The van der Waals surface area contributed by atoms with Crippen LogP contribution in [0, 0.1) is 0 Å². The van der Waals surface area contributed by atoms with Crippen LogP contribution < -0.4 is 10.6 Å². The van der Waals surface area contributed by atoms with Crippen LogP contribution in [0.15, 0.2) is 83.5 Å². The normalized spacial score (nSPS) is 14.0. The first-order valence-electron chi connectivity index (χ1n) is 15.8. The van der Waals surface area contributed by atoms with E-state index in [1.54, 1.807) is 0 Å². The molecule has 0 fully saturated rings. The molecule has 0 unspecified atom stereocenters. The first-order chi connectivity index (χ1) is 22.1. The molecule has 2 N–H and O–H groups in total. The molecule has 0 radical (unpaired) electrons. The summed E-state index contributed by atoms with van der Waals surface area (Å²) in [7, 11) is 1.29. The molecule has 0 aliphatic heterocycles. The Morgan fingerprint density at radius 3 is 2.02 bits per heavy atom. The summed E-state index contributed by atoms with van der Waals surface area (Å²) in [6, 6.07) is 14.3. The molecular formula is C37H48N2O5S2. The monoisotopic (exact) mass is 664 g/mol. The van der Waals surface area contributed by atoms with Crippen LogP contribution in [0.5, 0.6) is 0 Å². The third kappa shape index (κ3) is 11.4. The van der Waals surface area contributed by atoms with Gasteiger partial charge in [0.05, 0.1) is 7.11 Å². The second kappa shape index (κ2) is 19.3. The Bertz CT molecular complexity index is 1380. The number of alkyl carbamates (subject to hydrolysis) is 1. The van der Waals surface area contributed by atoms with Crippen LogP contribution in [-0.4, -0.2) is 61.0 Å². The number of methoxy groups -OCH3 is 1. The highest BCUT2D eigenvalue weighted by molar-refractivity contribution is 7.99. The lowest BCUT2D eigenvalue weighted by Crippen LogP contribution is -2.53. The highest BCUT2D eigenvalue weighted by atomic mass is 32.2. The third-order valence-electron chi connectivity index (χ3n) is 7.89. The topological polar surface area (TPSA) is 93.7 Å². The minimum absolute atomic E-state index is 0.0296. The molecule has 1 aliphatic carbocycles. The molecule has 1 aliphatic rings. The molecule has 0 spiro atoms. The molecule has 3 rings (SSSR count). The van der Waals surface area contributed by atoms with E-state index < -0.39 is 30.1 Å². The van der Waals surface area contributed by atoms with Gasteiger partial charge in [0.1, 0.15) is 18.7 Å². The molecule has 0 saturated carbocycles. The highest BCUT2D eigenvalue weighted by Gasteiger charge is 2.30. The molecule has 2 aromatic carbocycles. The van der Waals surface area contributed by atoms with Gasteiger partial charge in [-0.15, -0.1) is 0 Å². The van der Waals surface area contributed by atoms with Crippen molar-refractivity contribution in [2.45, 2.75) is 71.4 Å². The Morgan fingerprint density at radius 1 is 0.848 bits per heavy atom. The smallest absolute Gasteiger partial charge is 0.407 e. The van der Waals surface area contributed by atoms with Crippen LogP contribution in [0.4, 0.5) is 4.79 Å². The minimum atomic E-state index is -0.989. The van der Waals surface area contributed by atoms with Crippen molar-refractivity contribution in [3.63, 3.8) is 0 Å². The van der Waals surface area contributed by atoms with E-state index in [0.717, 1.165) is 47.9 Å². The summed E-state index contributed by atoms with van der Waals surface area (Å²) >= 11 is 5.79. The summed E-state index contributed by atoms with van der Waals surface area (Å²) in [5.41, 5.74) is 8.49. The molecule has 248 valence electrons. The van der Waals surface area contributed by atoms with Gasteiger partial charge in [0.25, 0.3) is 0 Å². The van der Waals surface area contributed by atoms with E-state index in [4.69, 9.17) is 9.47 Å². The maximum absolute atomic E-state index is 13.1. The molecule has 2 atom stereocenters. The van der Waals surface area contributed by atoms with Crippen LogP contribution in [0.25, 0.3) is 11.1 Å². The molecular weight excluding hydrogens is 617 g/mol. The van der Waals surface area contributed by atoms with Crippen molar-refractivity contribution >= 4 is 42.4 Å². The van der Waals surface area contributed by atoms with E-state index in [1.165, 1.54) is 35.6 Å². The predicted octanol–water partition coefficient (Wildman–Crippen LogP) is 7.63. The number of thiol groups is 1. The van der Waals surface area contributed by atoms with E-state index in [2.05, 4.69) is 81.3 Å². The molecule has 9 heteroatoms. The molecule has 2 aromatic rings. The number of nitrogens with one attached hydrogen (secondary N) is 2. The number of thioether (sulfide) groups is 1. The third-order valence-corrected chi connectivity index (χ3v) is 9.23. The maximum Gasteiger partial charge on any atom is 0.407 e. The first kappa shape index (κ1) is 37.0. The number of rotatable bonds is 17. The summed E-state index contributed by atoms with van der Waals surface area (Å²) in [5.74, 6) is -0.116. The van der Waals surface area contributed by atoms with Crippen LogP contribution >= 0.6 is 24.4 Å². The van der Waals surface area contributed by atoms with Gasteiger partial charge in [-0.3, -0.25) is 4.79 Å². The molecule has 0 bridgehead atoms. The Morgan fingerprint density at radius 2 is 1.43 bits per heavy atom. The number of ether oxygens (including phenoxy) is 2. The zero-order valence-corrected chi connectivity index (χ0v) is 29.3. The fourth-order valence-corrected chi connectivity index (χ4v) is 6.54. The predicted molar refractivity (Wildman–Crippen MR) is 193 cm³/mol. The lowest BCUT2D eigenvalue weighted by Gasteiger charge is -2.21. The lowest BCUT2D eigenvalue weighted by molar-refractivity contribution is -0.144. The van der Waals surface area contributed by atoms with Gasteiger partial charge in [-0.25, -0.2) is 9.59 Å². The quantitative estimate of drug-likeness (QED) is 0.0697. The number of amides is 2. The van der Waals surface area contributed by atoms with Crippen molar-refractivity contribution in [3.05, 3.63) is 94.6 Å². The van der Waals surface area contributed by atoms with Crippen molar-refractivity contribution in [3.8, 4) is 11.1 Å².